The molecule has 0 unspecified atom stereocenters. The van der Waals surface area contributed by atoms with Crippen molar-refractivity contribution in [3.05, 3.63) is 104 Å². The zero-order valence-corrected chi connectivity index (χ0v) is 18.1. The minimum Gasteiger partial charge on any atom is -0.354 e. The van der Waals surface area contributed by atoms with Gasteiger partial charge in [-0.25, -0.2) is 0 Å². The first-order valence-electron chi connectivity index (χ1n) is 10.4. The smallest absolute Gasteiger partial charge is 0.316 e. The van der Waals surface area contributed by atoms with Crippen LogP contribution in [0.4, 0.5) is 0 Å². The summed E-state index contributed by atoms with van der Waals surface area (Å²) in [7, 11) is 0. The molecule has 32 heavy (non-hydrogen) atoms. The lowest BCUT2D eigenvalue weighted by Gasteiger charge is -2.18. The van der Waals surface area contributed by atoms with Crippen LogP contribution in [0.15, 0.2) is 82.6 Å². The molecule has 8 heteroatoms. The third-order valence-electron chi connectivity index (χ3n) is 5.41. The normalized spacial score (nSPS) is 12.0. The van der Waals surface area contributed by atoms with Gasteiger partial charge in [0.15, 0.2) is 0 Å². The summed E-state index contributed by atoms with van der Waals surface area (Å²) in [4.78, 5) is 39.6. The first kappa shape index (κ1) is 21.6. The number of fused-ring (bicyclic) bond motifs is 1. The van der Waals surface area contributed by atoms with Crippen LogP contribution >= 0.6 is 11.6 Å². The predicted octanol–water partition coefficient (Wildman–Crippen LogP) is 3.14. The predicted molar refractivity (Wildman–Crippen MR) is 125 cm³/mol. The molecular weight excluding hydrogens is 428 g/mol. The van der Waals surface area contributed by atoms with Gasteiger partial charge >= 0.3 is 11.1 Å². The van der Waals surface area contributed by atoms with Crippen LogP contribution in [-0.2, 0) is 17.9 Å². The van der Waals surface area contributed by atoms with Gasteiger partial charge < -0.3 is 19.4 Å². The van der Waals surface area contributed by atoms with E-state index in [-0.39, 0.29) is 31.3 Å². The largest absolute Gasteiger partial charge is 0.354 e. The molecule has 0 fully saturated rings. The van der Waals surface area contributed by atoms with E-state index in [2.05, 4.69) is 10.3 Å². The molecule has 0 saturated heterocycles. The lowest BCUT2D eigenvalue weighted by atomic mass is 9.95. The topological polar surface area (TPSA) is 88.9 Å². The van der Waals surface area contributed by atoms with Crippen molar-refractivity contribution < 1.29 is 4.79 Å². The van der Waals surface area contributed by atoms with Gasteiger partial charge in [-0.3, -0.25) is 14.4 Å². The number of hydrogen-bond acceptors (Lipinski definition) is 3. The van der Waals surface area contributed by atoms with Gasteiger partial charge in [0.25, 0.3) is 0 Å². The average molecular weight is 451 g/mol. The van der Waals surface area contributed by atoms with Crippen LogP contribution in [0.2, 0.25) is 5.02 Å². The van der Waals surface area contributed by atoms with Crippen molar-refractivity contribution in [1.82, 2.24) is 19.4 Å². The minimum atomic E-state index is -0.676. The molecule has 0 aliphatic rings. The summed E-state index contributed by atoms with van der Waals surface area (Å²) in [6.45, 7) is 1.10. The monoisotopic (exact) mass is 450 g/mol. The van der Waals surface area contributed by atoms with E-state index in [9.17, 15) is 14.4 Å². The summed E-state index contributed by atoms with van der Waals surface area (Å²) in [5, 5.41) is 3.53. The van der Waals surface area contributed by atoms with Crippen LogP contribution in [0.1, 0.15) is 17.9 Å². The second-order valence-electron chi connectivity index (χ2n) is 7.61. The number of halogens is 1. The molecule has 0 bridgehead atoms. The number of aromatic nitrogens is 3. The molecule has 7 nitrogen and oxygen atoms in total. The van der Waals surface area contributed by atoms with Crippen molar-refractivity contribution in [3.8, 4) is 0 Å². The average Bonchev–Trinajstić information content (AvgIpc) is 3.30. The van der Waals surface area contributed by atoms with Gasteiger partial charge in [0.1, 0.15) is 0 Å². The Morgan fingerprint density at radius 3 is 2.47 bits per heavy atom. The summed E-state index contributed by atoms with van der Waals surface area (Å²) in [6.07, 6.45) is 4.21. The number of nitrogens with one attached hydrogen (secondary N) is 2. The number of para-hydroxylation sites is 2. The third-order valence-corrected chi connectivity index (χ3v) is 5.66. The van der Waals surface area contributed by atoms with E-state index in [4.69, 9.17) is 11.6 Å². The molecule has 0 aliphatic carbocycles. The van der Waals surface area contributed by atoms with Crippen molar-refractivity contribution in [2.45, 2.75) is 25.4 Å². The Hall–Kier alpha value is -3.58. The number of carbonyl (C=O) groups excluding carboxylic acids is 1. The maximum atomic E-state index is 12.7. The molecule has 2 heterocycles. The Morgan fingerprint density at radius 1 is 1.00 bits per heavy atom. The molecule has 2 aromatic carbocycles. The zero-order valence-electron chi connectivity index (χ0n) is 17.3. The van der Waals surface area contributed by atoms with Gasteiger partial charge in [-0.05, 0) is 42.0 Å². The van der Waals surface area contributed by atoms with Crippen LogP contribution in [0.25, 0.3) is 11.0 Å². The number of hydrogen-bond donors (Lipinski definition) is 2. The number of H-pyrrole nitrogens is 1. The second-order valence-corrected chi connectivity index (χ2v) is 8.05. The fourth-order valence-corrected chi connectivity index (χ4v) is 3.94. The Morgan fingerprint density at radius 2 is 1.72 bits per heavy atom. The standard InChI is InChI=1S/C24H23ClN4O3/c25-19-9-7-17(8-10-19)18(16-28-12-3-4-13-28)15-22(30)26-11-14-29-21-6-2-1-5-20(21)27-23(31)24(29)32/h1-10,12-13,18H,11,14-16H2,(H,26,30)(H,27,31)/t18-/m0/s1. The van der Waals surface area contributed by atoms with Crippen molar-refractivity contribution in [1.29, 1.82) is 0 Å². The van der Waals surface area contributed by atoms with Gasteiger partial charge in [0.05, 0.1) is 11.0 Å². The molecular formula is C24H23ClN4O3. The Balaban J connectivity index is 1.44. The molecule has 2 N–H and O–H groups in total. The number of benzene rings is 2. The van der Waals surface area contributed by atoms with Crippen molar-refractivity contribution in [2.75, 3.05) is 6.54 Å². The van der Waals surface area contributed by atoms with Gasteiger partial charge in [0, 0.05) is 49.4 Å². The van der Waals surface area contributed by atoms with E-state index in [0.717, 1.165) is 5.56 Å². The number of carbonyl (C=O) groups is 1. The fraction of sp³-hybridized carbons (Fsp3) is 0.208. The maximum absolute atomic E-state index is 12.7. The van der Waals surface area contributed by atoms with Gasteiger partial charge in [-0.15, -0.1) is 0 Å². The van der Waals surface area contributed by atoms with Crippen molar-refractivity contribution in [3.63, 3.8) is 0 Å². The van der Waals surface area contributed by atoms with Crippen LogP contribution in [0.3, 0.4) is 0 Å². The number of rotatable bonds is 8. The van der Waals surface area contributed by atoms with E-state index in [1.807, 2.05) is 53.4 Å². The Kier molecular flexibility index (Phi) is 6.56. The summed E-state index contributed by atoms with van der Waals surface area (Å²) in [5.74, 6) is -0.165. The summed E-state index contributed by atoms with van der Waals surface area (Å²) in [5.41, 5.74) is 0.917. The Bertz CT molecular complexity index is 1320. The van der Waals surface area contributed by atoms with E-state index in [1.165, 1.54) is 4.57 Å². The number of nitrogens with zero attached hydrogens (tertiary/aromatic N) is 2. The van der Waals surface area contributed by atoms with E-state index < -0.39 is 11.1 Å². The van der Waals surface area contributed by atoms with Crippen LogP contribution < -0.4 is 16.4 Å². The van der Waals surface area contributed by atoms with E-state index in [1.54, 1.807) is 24.3 Å². The molecule has 2 aromatic heterocycles. The molecule has 4 aromatic rings. The number of amides is 1. The molecule has 0 spiro atoms. The molecule has 4 rings (SSSR count). The van der Waals surface area contributed by atoms with E-state index >= 15 is 0 Å². The molecule has 0 aliphatic heterocycles. The highest BCUT2D eigenvalue weighted by molar-refractivity contribution is 6.30. The van der Waals surface area contributed by atoms with Crippen LogP contribution in [0, 0.1) is 0 Å². The molecule has 164 valence electrons. The summed E-state index contributed by atoms with van der Waals surface area (Å²) in [6, 6.07) is 18.5. The highest BCUT2D eigenvalue weighted by atomic mass is 35.5. The van der Waals surface area contributed by atoms with Gasteiger partial charge in [-0.1, -0.05) is 35.9 Å². The lowest BCUT2D eigenvalue weighted by molar-refractivity contribution is -0.121. The fourth-order valence-electron chi connectivity index (χ4n) is 3.82. The van der Waals surface area contributed by atoms with Crippen LogP contribution in [0.5, 0.6) is 0 Å². The second kappa shape index (κ2) is 9.70. The highest BCUT2D eigenvalue weighted by Crippen LogP contribution is 2.24. The quantitative estimate of drug-likeness (QED) is 0.404. The Labute approximate surface area is 189 Å². The third kappa shape index (κ3) is 5.00. The summed E-state index contributed by atoms with van der Waals surface area (Å²) >= 11 is 6.02. The maximum Gasteiger partial charge on any atom is 0.316 e. The summed E-state index contributed by atoms with van der Waals surface area (Å²) < 4.78 is 3.43. The van der Waals surface area contributed by atoms with Crippen molar-refractivity contribution >= 4 is 28.5 Å². The molecule has 1 amide bonds. The van der Waals surface area contributed by atoms with Gasteiger partial charge in [0.2, 0.25) is 5.91 Å². The van der Waals surface area contributed by atoms with E-state index in [0.29, 0.717) is 22.6 Å². The lowest BCUT2D eigenvalue weighted by Crippen LogP contribution is -2.39. The van der Waals surface area contributed by atoms with Crippen LogP contribution in [-0.4, -0.2) is 26.6 Å². The SMILES string of the molecule is O=C(C[C@@H](Cn1cccc1)c1ccc(Cl)cc1)NCCn1c(=O)c(=O)[nH]c2ccccc21. The molecule has 1 atom stereocenters. The zero-order chi connectivity index (χ0) is 22.5. The number of aromatic amines is 1. The highest BCUT2D eigenvalue weighted by Gasteiger charge is 2.17. The van der Waals surface area contributed by atoms with Gasteiger partial charge in [-0.2, -0.15) is 0 Å². The first-order valence-corrected chi connectivity index (χ1v) is 10.7. The molecule has 0 radical (unpaired) electrons. The first-order chi connectivity index (χ1) is 15.5. The minimum absolute atomic E-state index is 0.0391. The van der Waals surface area contributed by atoms with Crippen molar-refractivity contribution in [2.24, 2.45) is 0 Å². The molecule has 0 saturated carbocycles.